The molecule has 0 atom stereocenters. The van der Waals surface area contributed by atoms with Crippen LogP contribution in [0, 0.1) is 0 Å². The van der Waals surface area contributed by atoms with Gasteiger partial charge in [-0.25, -0.2) is 0 Å². The van der Waals surface area contributed by atoms with Crippen molar-refractivity contribution >= 4 is 12.4 Å². The molecule has 0 amide bonds. The van der Waals surface area contributed by atoms with Gasteiger partial charge in [-0.15, -0.1) is 12.4 Å². The highest BCUT2D eigenvalue weighted by Crippen LogP contribution is 1.90. The van der Waals surface area contributed by atoms with E-state index in [1.165, 1.54) is 25.8 Å². The Morgan fingerprint density at radius 3 is 2.42 bits per heavy atom. The summed E-state index contributed by atoms with van der Waals surface area (Å²) < 4.78 is 0. The quantitative estimate of drug-likeness (QED) is 0.482. The Morgan fingerprint density at radius 2 is 1.83 bits per heavy atom. The molecular weight excluding hydrogens is 170 g/mol. The van der Waals surface area contributed by atoms with E-state index in [1.807, 2.05) is 0 Å². The first kappa shape index (κ1) is 14.5. The molecule has 74 valence electrons. The molecule has 0 radical (unpaired) electrons. The first-order valence-electron chi connectivity index (χ1n) is 4.77. The highest BCUT2D eigenvalue weighted by Gasteiger charge is 1.83. The fraction of sp³-hybridized carbons (Fsp3) is 0.800. The molecule has 1 N–H and O–H groups in total. The van der Waals surface area contributed by atoms with E-state index in [-0.39, 0.29) is 12.4 Å². The molecule has 0 saturated carbocycles. The van der Waals surface area contributed by atoms with Crippen LogP contribution in [0.3, 0.4) is 0 Å². The molecule has 0 aliphatic carbocycles. The molecule has 2 heteroatoms. The van der Waals surface area contributed by atoms with Gasteiger partial charge in [0.15, 0.2) is 0 Å². The van der Waals surface area contributed by atoms with Crippen molar-refractivity contribution in [2.24, 2.45) is 0 Å². The van der Waals surface area contributed by atoms with Gasteiger partial charge in [-0.05, 0) is 19.4 Å². The van der Waals surface area contributed by atoms with E-state index in [1.54, 1.807) is 0 Å². The predicted molar refractivity (Wildman–Crippen MR) is 59.1 cm³/mol. The van der Waals surface area contributed by atoms with Crippen LogP contribution >= 0.6 is 12.4 Å². The molecule has 0 aliphatic rings. The third-order valence-electron chi connectivity index (χ3n) is 1.62. The SMILES string of the molecule is CC/C=C/CNCCCCC.Cl. The van der Waals surface area contributed by atoms with Gasteiger partial charge in [-0.3, -0.25) is 0 Å². The summed E-state index contributed by atoms with van der Waals surface area (Å²) in [4.78, 5) is 0. The van der Waals surface area contributed by atoms with Crippen molar-refractivity contribution in [3.05, 3.63) is 12.2 Å². The molecule has 0 rings (SSSR count). The Hall–Kier alpha value is -0.0100. The second-order valence-corrected chi connectivity index (χ2v) is 2.79. The average Bonchev–Trinajstić information content (AvgIpc) is 2.03. The molecule has 0 bridgehead atoms. The van der Waals surface area contributed by atoms with E-state index >= 15 is 0 Å². The van der Waals surface area contributed by atoms with Gasteiger partial charge in [0.05, 0.1) is 0 Å². The van der Waals surface area contributed by atoms with Crippen molar-refractivity contribution in [3.8, 4) is 0 Å². The summed E-state index contributed by atoms with van der Waals surface area (Å²) in [6.45, 7) is 6.60. The molecule has 0 saturated heterocycles. The summed E-state index contributed by atoms with van der Waals surface area (Å²) >= 11 is 0. The maximum atomic E-state index is 3.37. The molecule has 0 spiro atoms. The van der Waals surface area contributed by atoms with Gasteiger partial charge in [-0.1, -0.05) is 38.8 Å². The third kappa shape index (κ3) is 12.6. The maximum Gasteiger partial charge on any atom is 0.0134 e. The molecule has 12 heavy (non-hydrogen) atoms. The summed E-state index contributed by atoms with van der Waals surface area (Å²) in [6, 6.07) is 0. The van der Waals surface area contributed by atoms with Crippen LogP contribution in [0.15, 0.2) is 12.2 Å². The van der Waals surface area contributed by atoms with Crippen molar-refractivity contribution in [1.82, 2.24) is 5.32 Å². The van der Waals surface area contributed by atoms with Crippen molar-refractivity contribution in [3.63, 3.8) is 0 Å². The Kier molecular flexibility index (Phi) is 16.4. The normalized spacial score (nSPS) is 10.2. The third-order valence-corrected chi connectivity index (χ3v) is 1.62. The van der Waals surface area contributed by atoms with E-state index in [0.717, 1.165) is 13.0 Å². The van der Waals surface area contributed by atoms with Crippen LogP contribution in [0.1, 0.15) is 39.5 Å². The number of halogens is 1. The Balaban J connectivity index is 0. The van der Waals surface area contributed by atoms with Crippen LogP contribution < -0.4 is 5.32 Å². The summed E-state index contributed by atoms with van der Waals surface area (Å²) in [5, 5.41) is 3.37. The van der Waals surface area contributed by atoms with E-state index in [4.69, 9.17) is 0 Å². The molecule has 0 fully saturated rings. The molecule has 0 unspecified atom stereocenters. The van der Waals surface area contributed by atoms with Crippen LogP contribution in [0.25, 0.3) is 0 Å². The van der Waals surface area contributed by atoms with E-state index in [2.05, 4.69) is 31.3 Å². The molecule has 0 aromatic rings. The lowest BCUT2D eigenvalue weighted by molar-refractivity contribution is 0.646. The zero-order valence-corrected chi connectivity index (χ0v) is 9.12. The van der Waals surface area contributed by atoms with Crippen LogP contribution in [0.2, 0.25) is 0 Å². The van der Waals surface area contributed by atoms with Gasteiger partial charge in [0, 0.05) is 6.54 Å². The highest BCUT2D eigenvalue weighted by molar-refractivity contribution is 5.85. The molecule has 1 nitrogen and oxygen atoms in total. The monoisotopic (exact) mass is 191 g/mol. The van der Waals surface area contributed by atoms with Gasteiger partial charge >= 0.3 is 0 Å². The van der Waals surface area contributed by atoms with Gasteiger partial charge in [0.1, 0.15) is 0 Å². The van der Waals surface area contributed by atoms with Crippen molar-refractivity contribution < 1.29 is 0 Å². The van der Waals surface area contributed by atoms with Gasteiger partial charge in [-0.2, -0.15) is 0 Å². The number of rotatable bonds is 7. The number of allylic oxidation sites excluding steroid dienone is 1. The zero-order valence-electron chi connectivity index (χ0n) is 8.31. The van der Waals surface area contributed by atoms with Crippen molar-refractivity contribution in [2.75, 3.05) is 13.1 Å². The predicted octanol–water partition coefficient (Wildman–Crippen LogP) is 3.15. The van der Waals surface area contributed by atoms with Crippen LogP contribution in [0.5, 0.6) is 0 Å². The minimum atomic E-state index is 0. The van der Waals surface area contributed by atoms with E-state index in [9.17, 15) is 0 Å². The Labute approximate surface area is 83.0 Å². The first-order chi connectivity index (χ1) is 5.41. The summed E-state index contributed by atoms with van der Waals surface area (Å²) in [5.41, 5.74) is 0. The van der Waals surface area contributed by atoms with Crippen LogP contribution in [0.4, 0.5) is 0 Å². The minimum absolute atomic E-state index is 0. The zero-order chi connectivity index (χ0) is 8.36. The fourth-order valence-corrected chi connectivity index (χ4v) is 0.935. The van der Waals surface area contributed by atoms with Crippen molar-refractivity contribution in [1.29, 1.82) is 0 Å². The fourth-order valence-electron chi connectivity index (χ4n) is 0.935. The van der Waals surface area contributed by atoms with E-state index in [0.29, 0.717) is 0 Å². The standard InChI is InChI=1S/C10H21N.ClH/c1-3-5-7-9-11-10-8-6-4-2;/h5,7,11H,3-4,6,8-10H2,1-2H3;1H/b7-5+;. The lowest BCUT2D eigenvalue weighted by Crippen LogP contribution is -2.14. The Morgan fingerprint density at radius 1 is 1.08 bits per heavy atom. The minimum Gasteiger partial charge on any atom is -0.313 e. The second-order valence-electron chi connectivity index (χ2n) is 2.79. The molecule has 0 aliphatic heterocycles. The lowest BCUT2D eigenvalue weighted by atomic mass is 10.2. The number of nitrogens with one attached hydrogen (secondary N) is 1. The first-order valence-corrected chi connectivity index (χ1v) is 4.77. The van der Waals surface area contributed by atoms with Gasteiger partial charge < -0.3 is 5.32 Å². The summed E-state index contributed by atoms with van der Waals surface area (Å²) in [6.07, 6.45) is 9.53. The molecular formula is C10H22ClN. The number of hydrogen-bond acceptors (Lipinski definition) is 1. The maximum absolute atomic E-state index is 3.37. The van der Waals surface area contributed by atoms with Crippen LogP contribution in [-0.2, 0) is 0 Å². The van der Waals surface area contributed by atoms with Crippen molar-refractivity contribution in [2.45, 2.75) is 39.5 Å². The van der Waals surface area contributed by atoms with Gasteiger partial charge in [0.25, 0.3) is 0 Å². The van der Waals surface area contributed by atoms with E-state index < -0.39 is 0 Å². The topological polar surface area (TPSA) is 12.0 Å². The average molecular weight is 192 g/mol. The number of hydrogen-bond donors (Lipinski definition) is 1. The largest absolute Gasteiger partial charge is 0.313 e. The smallest absolute Gasteiger partial charge is 0.0134 e. The summed E-state index contributed by atoms with van der Waals surface area (Å²) in [5.74, 6) is 0. The lowest BCUT2D eigenvalue weighted by Gasteiger charge is -1.98. The molecule has 0 heterocycles. The molecule has 0 aromatic heterocycles. The summed E-state index contributed by atoms with van der Waals surface area (Å²) in [7, 11) is 0. The Bertz CT molecular complexity index is 91.8. The van der Waals surface area contributed by atoms with Gasteiger partial charge in [0.2, 0.25) is 0 Å². The number of unbranched alkanes of at least 4 members (excludes halogenated alkanes) is 2. The second kappa shape index (κ2) is 13.6. The highest BCUT2D eigenvalue weighted by atomic mass is 35.5. The molecule has 0 aromatic carbocycles. The van der Waals surface area contributed by atoms with Crippen LogP contribution in [-0.4, -0.2) is 13.1 Å².